The van der Waals surface area contributed by atoms with Crippen molar-refractivity contribution in [3.63, 3.8) is 0 Å². The number of hydrogen-bond donors (Lipinski definition) is 0. The highest BCUT2D eigenvalue weighted by Gasteiger charge is 2.41. The zero-order valence-electron chi connectivity index (χ0n) is 14.6. The largest absolute Gasteiger partial charge is 0.444 e. The van der Waals surface area contributed by atoms with Crippen LogP contribution in [0, 0.1) is 5.92 Å². The molecule has 4 heteroatoms. The molecule has 2 rings (SSSR count). The molecule has 2 aliphatic rings. The highest BCUT2D eigenvalue weighted by Crippen LogP contribution is 2.34. The third kappa shape index (κ3) is 4.23. The average molecular weight is 309 g/mol. The molecule has 1 aliphatic heterocycles. The Morgan fingerprint density at radius 3 is 2.50 bits per heavy atom. The van der Waals surface area contributed by atoms with Crippen LogP contribution in [0.1, 0.15) is 79.1 Å². The summed E-state index contributed by atoms with van der Waals surface area (Å²) < 4.78 is 5.61. The van der Waals surface area contributed by atoms with E-state index < -0.39 is 5.60 Å². The molecule has 1 aliphatic carbocycles. The number of carbonyl (C=O) groups excluding carboxylic acids is 2. The zero-order chi connectivity index (χ0) is 16.3. The van der Waals surface area contributed by atoms with Gasteiger partial charge in [-0.2, -0.15) is 0 Å². The molecule has 22 heavy (non-hydrogen) atoms. The molecule has 0 aromatic heterocycles. The molecule has 4 nitrogen and oxygen atoms in total. The van der Waals surface area contributed by atoms with Gasteiger partial charge >= 0.3 is 6.09 Å². The molecular weight excluding hydrogens is 278 g/mol. The number of carbonyl (C=O) groups is 2. The van der Waals surface area contributed by atoms with Gasteiger partial charge in [-0.05, 0) is 59.8 Å². The predicted molar refractivity (Wildman–Crippen MR) is 86.8 cm³/mol. The molecule has 0 aromatic carbocycles. The molecule has 126 valence electrons. The monoisotopic (exact) mass is 309 g/mol. The summed E-state index contributed by atoms with van der Waals surface area (Å²) in [5.41, 5.74) is -0.494. The topological polar surface area (TPSA) is 46.6 Å². The highest BCUT2D eigenvalue weighted by molar-refractivity contribution is 5.82. The van der Waals surface area contributed by atoms with Crippen LogP contribution in [-0.4, -0.2) is 34.5 Å². The van der Waals surface area contributed by atoms with Gasteiger partial charge in [-0.25, -0.2) is 4.79 Å². The van der Waals surface area contributed by atoms with Crippen LogP contribution in [0.15, 0.2) is 0 Å². The number of ether oxygens (including phenoxy) is 1. The molecular formula is C18H31NO3. The number of piperidine rings is 1. The minimum absolute atomic E-state index is 0.0118. The minimum Gasteiger partial charge on any atom is -0.444 e. The molecule has 0 spiro atoms. The van der Waals surface area contributed by atoms with Gasteiger partial charge in [0.1, 0.15) is 11.4 Å². The first kappa shape index (κ1) is 17.3. The van der Waals surface area contributed by atoms with Crippen LogP contribution >= 0.6 is 0 Å². The summed E-state index contributed by atoms with van der Waals surface area (Å²) in [6.45, 7) is 7.76. The van der Waals surface area contributed by atoms with Crippen molar-refractivity contribution in [3.8, 4) is 0 Å². The second-order valence-electron chi connectivity index (χ2n) is 7.91. The van der Waals surface area contributed by atoms with E-state index in [0.717, 1.165) is 44.9 Å². The van der Waals surface area contributed by atoms with Gasteiger partial charge in [0.25, 0.3) is 0 Å². The lowest BCUT2D eigenvalue weighted by Gasteiger charge is -2.44. The van der Waals surface area contributed by atoms with Gasteiger partial charge < -0.3 is 9.64 Å². The van der Waals surface area contributed by atoms with Crippen molar-refractivity contribution in [2.75, 3.05) is 0 Å². The van der Waals surface area contributed by atoms with E-state index in [4.69, 9.17) is 4.74 Å². The summed E-state index contributed by atoms with van der Waals surface area (Å²) in [6.07, 6.45) is 7.62. The quantitative estimate of drug-likeness (QED) is 0.678. The predicted octanol–water partition coefficient (Wildman–Crippen LogP) is 4.31. The van der Waals surface area contributed by atoms with Crippen molar-refractivity contribution in [1.82, 2.24) is 4.90 Å². The first-order valence-corrected chi connectivity index (χ1v) is 8.83. The van der Waals surface area contributed by atoms with E-state index in [9.17, 15) is 9.59 Å². The van der Waals surface area contributed by atoms with Crippen LogP contribution in [-0.2, 0) is 9.53 Å². The normalized spacial score (nSPS) is 30.8. The van der Waals surface area contributed by atoms with Gasteiger partial charge in [0.2, 0.25) is 0 Å². The lowest BCUT2D eigenvalue weighted by atomic mass is 9.83. The molecule has 1 heterocycles. The van der Waals surface area contributed by atoms with Gasteiger partial charge in [-0.1, -0.05) is 12.8 Å². The molecule has 1 saturated heterocycles. The number of rotatable bonds is 1. The molecule has 1 amide bonds. The van der Waals surface area contributed by atoms with E-state index in [1.807, 2.05) is 25.7 Å². The molecule has 0 aromatic rings. The van der Waals surface area contributed by atoms with Crippen LogP contribution < -0.4 is 0 Å². The number of nitrogens with zero attached hydrogens (tertiary/aromatic N) is 1. The van der Waals surface area contributed by atoms with Gasteiger partial charge in [0.15, 0.2) is 0 Å². The van der Waals surface area contributed by atoms with E-state index >= 15 is 0 Å². The van der Waals surface area contributed by atoms with E-state index in [1.54, 1.807) is 0 Å². The van der Waals surface area contributed by atoms with Crippen molar-refractivity contribution in [2.45, 2.75) is 96.7 Å². The summed E-state index contributed by atoms with van der Waals surface area (Å²) in [7, 11) is 0. The summed E-state index contributed by atoms with van der Waals surface area (Å²) in [5, 5.41) is 0. The number of Topliss-reactive ketones (excluding diaryl/α,β-unsaturated/α-hetero) is 1. The maximum atomic E-state index is 12.7. The lowest BCUT2D eigenvalue weighted by molar-refractivity contribution is -0.125. The van der Waals surface area contributed by atoms with Gasteiger partial charge in [-0.3, -0.25) is 4.79 Å². The molecule has 1 saturated carbocycles. The van der Waals surface area contributed by atoms with E-state index in [1.165, 1.54) is 0 Å². The fourth-order valence-electron chi connectivity index (χ4n) is 3.85. The van der Waals surface area contributed by atoms with Crippen molar-refractivity contribution in [3.05, 3.63) is 0 Å². The SMILES string of the molecule is CC1CCCC(C2CCCCCC2=O)N1C(=O)OC(C)(C)C. The number of amides is 1. The van der Waals surface area contributed by atoms with Crippen LogP contribution in [0.4, 0.5) is 4.79 Å². The van der Waals surface area contributed by atoms with Gasteiger partial charge in [0, 0.05) is 24.4 Å². The molecule has 3 atom stereocenters. The van der Waals surface area contributed by atoms with Gasteiger partial charge in [0.05, 0.1) is 0 Å². The standard InChI is InChI=1S/C18H31NO3/c1-13-9-8-11-15(14-10-6-5-7-12-16(14)20)19(13)17(21)22-18(2,3)4/h13-15H,5-12H2,1-4H3. The van der Waals surface area contributed by atoms with E-state index in [2.05, 4.69) is 6.92 Å². The fraction of sp³-hybridized carbons (Fsp3) is 0.889. The Labute approximate surface area is 134 Å². The van der Waals surface area contributed by atoms with Crippen LogP contribution in [0.2, 0.25) is 0 Å². The number of likely N-dealkylation sites (tertiary alicyclic amines) is 1. The van der Waals surface area contributed by atoms with Crippen molar-refractivity contribution in [2.24, 2.45) is 5.92 Å². The van der Waals surface area contributed by atoms with Crippen LogP contribution in [0.3, 0.4) is 0 Å². The first-order chi connectivity index (χ1) is 10.3. The minimum atomic E-state index is -0.494. The van der Waals surface area contributed by atoms with E-state index in [-0.39, 0.29) is 24.1 Å². The maximum absolute atomic E-state index is 12.7. The van der Waals surface area contributed by atoms with Crippen molar-refractivity contribution < 1.29 is 14.3 Å². The number of ketones is 1. The smallest absolute Gasteiger partial charge is 0.410 e. The summed E-state index contributed by atoms with van der Waals surface area (Å²) in [4.78, 5) is 27.0. The first-order valence-electron chi connectivity index (χ1n) is 8.83. The Balaban J connectivity index is 2.18. The lowest BCUT2D eigenvalue weighted by Crippen LogP contribution is -2.54. The zero-order valence-corrected chi connectivity index (χ0v) is 14.6. The Morgan fingerprint density at radius 2 is 1.82 bits per heavy atom. The highest BCUT2D eigenvalue weighted by atomic mass is 16.6. The molecule has 2 fully saturated rings. The van der Waals surface area contributed by atoms with Gasteiger partial charge in [-0.15, -0.1) is 0 Å². The summed E-state index contributed by atoms with van der Waals surface area (Å²) in [6, 6.07) is 0.189. The third-order valence-corrected chi connectivity index (χ3v) is 4.87. The van der Waals surface area contributed by atoms with Crippen LogP contribution in [0.5, 0.6) is 0 Å². The molecule has 3 unspecified atom stereocenters. The molecule has 0 N–H and O–H groups in total. The molecule has 0 radical (unpaired) electrons. The van der Waals surface area contributed by atoms with Crippen molar-refractivity contribution >= 4 is 11.9 Å². The second kappa shape index (κ2) is 7.01. The van der Waals surface area contributed by atoms with E-state index in [0.29, 0.717) is 12.2 Å². The van der Waals surface area contributed by atoms with Crippen LogP contribution in [0.25, 0.3) is 0 Å². The Bertz CT molecular complexity index is 413. The Morgan fingerprint density at radius 1 is 1.09 bits per heavy atom. The number of hydrogen-bond acceptors (Lipinski definition) is 3. The van der Waals surface area contributed by atoms with Crippen molar-refractivity contribution in [1.29, 1.82) is 0 Å². The summed E-state index contributed by atoms with van der Waals surface area (Å²) >= 11 is 0. The fourth-order valence-corrected chi connectivity index (χ4v) is 3.85. The third-order valence-electron chi connectivity index (χ3n) is 4.87. The second-order valence-corrected chi connectivity index (χ2v) is 7.91. The maximum Gasteiger partial charge on any atom is 0.410 e. The molecule has 0 bridgehead atoms. The average Bonchev–Trinajstić information content (AvgIpc) is 2.60. The summed E-state index contributed by atoms with van der Waals surface area (Å²) in [5.74, 6) is 0.364. The Kier molecular flexibility index (Phi) is 5.51. The Hall–Kier alpha value is -1.06.